The van der Waals surface area contributed by atoms with Gasteiger partial charge in [-0.2, -0.15) is 0 Å². The van der Waals surface area contributed by atoms with E-state index >= 15 is 0 Å². The highest BCUT2D eigenvalue weighted by atomic mass is 35.5. The molecule has 3 heteroatoms. The van der Waals surface area contributed by atoms with E-state index in [1.807, 2.05) is 31.2 Å². The van der Waals surface area contributed by atoms with Crippen LogP contribution >= 0.6 is 11.6 Å². The molecule has 0 aliphatic rings. The predicted molar refractivity (Wildman–Crippen MR) is 56.6 cm³/mol. The van der Waals surface area contributed by atoms with Crippen LogP contribution in [-0.2, 0) is 0 Å². The molecule has 0 unspecified atom stereocenters. The van der Waals surface area contributed by atoms with Crippen LogP contribution in [0.5, 0.6) is 0 Å². The summed E-state index contributed by atoms with van der Waals surface area (Å²) in [4.78, 5) is 0. The van der Waals surface area contributed by atoms with Crippen LogP contribution in [0, 0.1) is 0 Å². The maximum Gasteiger partial charge on any atom is 0.0449 e. The third kappa shape index (κ3) is 2.69. The topological polar surface area (TPSA) is 52.0 Å². The van der Waals surface area contributed by atoms with Crippen molar-refractivity contribution >= 4 is 11.6 Å². The Labute approximate surface area is 83.9 Å². The van der Waals surface area contributed by atoms with Gasteiger partial charge in [0.25, 0.3) is 0 Å². The second-order valence-electron chi connectivity index (χ2n) is 3.15. The summed E-state index contributed by atoms with van der Waals surface area (Å²) in [7, 11) is 0. The molecule has 1 aromatic rings. The molecule has 0 fully saturated rings. The van der Waals surface area contributed by atoms with E-state index in [9.17, 15) is 0 Å². The van der Waals surface area contributed by atoms with Crippen LogP contribution in [0.4, 0.5) is 0 Å². The van der Waals surface area contributed by atoms with Crippen molar-refractivity contribution < 1.29 is 0 Å². The maximum absolute atomic E-state index is 5.93. The molecule has 0 radical (unpaired) electrons. The fraction of sp³-hybridized carbons (Fsp3) is 0.400. The summed E-state index contributed by atoms with van der Waals surface area (Å²) in [5, 5.41) is 0.705. The third-order valence-electron chi connectivity index (χ3n) is 2.17. The van der Waals surface area contributed by atoms with Gasteiger partial charge in [0, 0.05) is 17.1 Å². The molecule has 1 rings (SSSR count). The van der Waals surface area contributed by atoms with Gasteiger partial charge in [-0.25, -0.2) is 0 Å². The Balaban J connectivity index is 2.82. The number of hydrogen-bond donors (Lipinski definition) is 2. The molecule has 2 nitrogen and oxygen atoms in total. The van der Waals surface area contributed by atoms with Crippen LogP contribution in [0.15, 0.2) is 24.3 Å². The Kier molecular flexibility index (Phi) is 3.72. The highest BCUT2D eigenvalue weighted by Gasteiger charge is 2.13. The summed E-state index contributed by atoms with van der Waals surface area (Å²) in [5.41, 5.74) is 12.8. The molecule has 0 amide bonds. The van der Waals surface area contributed by atoms with E-state index in [4.69, 9.17) is 23.1 Å². The van der Waals surface area contributed by atoms with Crippen molar-refractivity contribution in [2.75, 3.05) is 0 Å². The van der Waals surface area contributed by atoms with Gasteiger partial charge in [-0.3, -0.25) is 0 Å². The lowest BCUT2D eigenvalue weighted by atomic mass is 9.99. The number of nitrogens with two attached hydrogens (primary N) is 2. The van der Waals surface area contributed by atoms with Gasteiger partial charge in [-0.15, -0.1) is 0 Å². The predicted octanol–water partition coefficient (Wildman–Crippen LogP) is 2.08. The first-order valence-corrected chi connectivity index (χ1v) is 4.79. The molecular weight excluding hydrogens is 184 g/mol. The van der Waals surface area contributed by atoms with Crippen molar-refractivity contribution in [3.05, 3.63) is 34.9 Å². The summed E-state index contributed by atoms with van der Waals surface area (Å²) in [5.74, 6) is 0. The van der Waals surface area contributed by atoms with E-state index in [2.05, 4.69) is 0 Å². The summed E-state index contributed by atoms with van der Waals surface area (Å²) in [6, 6.07) is 7.41. The molecule has 0 heterocycles. The van der Waals surface area contributed by atoms with Gasteiger partial charge in [0.1, 0.15) is 0 Å². The Bertz CT molecular complexity index is 275. The van der Waals surface area contributed by atoms with E-state index in [0.29, 0.717) is 5.02 Å². The third-order valence-corrected chi connectivity index (χ3v) is 2.40. The van der Waals surface area contributed by atoms with Gasteiger partial charge in [0.15, 0.2) is 0 Å². The molecular formula is C10H15ClN2. The number of benzene rings is 1. The lowest BCUT2D eigenvalue weighted by Gasteiger charge is -2.18. The molecule has 0 aromatic heterocycles. The van der Waals surface area contributed by atoms with E-state index in [-0.39, 0.29) is 12.1 Å². The summed E-state index contributed by atoms with van der Waals surface area (Å²) in [6.07, 6.45) is 0.869. The standard InChI is InChI=1S/C10H15ClN2/c1-2-9(12)10(13)7-4-3-5-8(11)6-7/h3-6,9-10H,2,12-13H2,1H3/t9-,10-/m0/s1. The Hall–Kier alpha value is -0.570. The number of rotatable bonds is 3. The molecule has 0 saturated carbocycles. The van der Waals surface area contributed by atoms with Gasteiger partial charge < -0.3 is 11.5 Å². The van der Waals surface area contributed by atoms with Crippen LogP contribution in [0.25, 0.3) is 0 Å². The zero-order valence-electron chi connectivity index (χ0n) is 7.70. The molecule has 2 atom stereocenters. The largest absolute Gasteiger partial charge is 0.326 e. The van der Waals surface area contributed by atoms with E-state index in [1.54, 1.807) is 0 Å². The molecule has 0 spiro atoms. The number of hydrogen-bond acceptors (Lipinski definition) is 2. The Morgan fingerprint density at radius 1 is 1.38 bits per heavy atom. The first-order chi connectivity index (χ1) is 6.15. The number of halogens is 1. The average molecular weight is 199 g/mol. The minimum Gasteiger partial charge on any atom is -0.326 e. The second kappa shape index (κ2) is 4.61. The normalized spacial score (nSPS) is 15.4. The summed E-state index contributed by atoms with van der Waals surface area (Å²) in [6.45, 7) is 2.02. The lowest BCUT2D eigenvalue weighted by molar-refractivity contribution is 0.532. The van der Waals surface area contributed by atoms with Crippen molar-refractivity contribution in [3.8, 4) is 0 Å². The lowest BCUT2D eigenvalue weighted by Crippen LogP contribution is -2.33. The van der Waals surface area contributed by atoms with Gasteiger partial charge in [-0.05, 0) is 24.1 Å². The molecule has 1 aromatic carbocycles. The highest BCUT2D eigenvalue weighted by molar-refractivity contribution is 6.30. The van der Waals surface area contributed by atoms with Crippen molar-refractivity contribution in [1.29, 1.82) is 0 Å². The van der Waals surface area contributed by atoms with Crippen LogP contribution in [-0.4, -0.2) is 6.04 Å². The fourth-order valence-corrected chi connectivity index (χ4v) is 1.41. The smallest absolute Gasteiger partial charge is 0.0449 e. The highest BCUT2D eigenvalue weighted by Crippen LogP contribution is 2.18. The molecule has 0 aliphatic heterocycles. The van der Waals surface area contributed by atoms with Gasteiger partial charge in [0.2, 0.25) is 0 Å². The van der Waals surface area contributed by atoms with Crippen LogP contribution in [0.2, 0.25) is 5.02 Å². The summed E-state index contributed by atoms with van der Waals surface area (Å²) < 4.78 is 0. The molecule has 4 N–H and O–H groups in total. The Morgan fingerprint density at radius 3 is 2.62 bits per heavy atom. The van der Waals surface area contributed by atoms with Crippen LogP contribution < -0.4 is 11.5 Å². The molecule has 0 aliphatic carbocycles. The van der Waals surface area contributed by atoms with Crippen LogP contribution in [0.3, 0.4) is 0 Å². The zero-order chi connectivity index (χ0) is 9.84. The minimum absolute atomic E-state index is 0.00142. The van der Waals surface area contributed by atoms with Gasteiger partial charge in [0.05, 0.1) is 0 Å². The van der Waals surface area contributed by atoms with E-state index in [0.717, 1.165) is 12.0 Å². The van der Waals surface area contributed by atoms with Gasteiger partial charge in [-0.1, -0.05) is 30.7 Å². The SMILES string of the molecule is CC[C@H](N)[C@@H](N)c1cccc(Cl)c1. The van der Waals surface area contributed by atoms with Crippen molar-refractivity contribution in [3.63, 3.8) is 0 Å². The van der Waals surface area contributed by atoms with Crippen molar-refractivity contribution in [2.45, 2.75) is 25.4 Å². The quantitative estimate of drug-likeness (QED) is 0.782. The molecule has 72 valence electrons. The average Bonchev–Trinajstić information content (AvgIpc) is 2.15. The summed E-state index contributed by atoms with van der Waals surface area (Å²) >= 11 is 5.84. The monoisotopic (exact) mass is 198 g/mol. The van der Waals surface area contributed by atoms with E-state index in [1.165, 1.54) is 0 Å². The molecule has 13 heavy (non-hydrogen) atoms. The first kappa shape index (κ1) is 10.5. The fourth-order valence-electron chi connectivity index (χ4n) is 1.22. The zero-order valence-corrected chi connectivity index (χ0v) is 8.46. The molecule has 0 saturated heterocycles. The maximum atomic E-state index is 5.93. The minimum atomic E-state index is -0.122. The van der Waals surface area contributed by atoms with E-state index < -0.39 is 0 Å². The van der Waals surface area contributed by atoms with Crippen LogP contribution in [0.1, 0.15) is 24.9 Å². The first-order valence-electron chi connectivity index (χ1n) is 4.41. The van der Waals surface area contributed by atoms with Crippen molar-refractivity contribution in [1.82, 2.24) is 0 Å². The van der Waals surface area contributed by atoms with Gasteiger partial charge >= 0.3 is 0 Å². The Morgan fingerprint density at radius 2 is 2.08 bits per heavy atom. The van der Waals surface area contributed by atoms with Crippen molar-refractivity contribution in [2.24, 2.45) is 11.5 Å². The second-order valence-corrected chi connectivity index (χ2v) is 3.59. The molecule has 0 bridgehead atoms.